The molecular formula is C22H21F2NO4. The van der Waals surface area contributed by atoms with E-state index in [1.165, 1.54) is 42.7 Å². The molecule has 3 aromatic rings. The lowest BCUT2D eigenvalue weighted by Gasteiger charge is -2.25. The van der Waals surface area contributed by atoms with Crippen LogP contribution in [-0.2, 0) is 10.2 Å². The maximum Gasteiger partial charge on any atom is 0.313 e. The Hall–Kier alpha value is -3.22. The molecule has 1 atom stereocenters. The lowest BCUT2D eigenvalue weighted by molar-refractivity contribution is -0.143. The number of fused-ring (bicyclic) bond motifs is 1. The van der Waals surface area contributed by atoms with Crippen LogP contribution in [0.25, 0.3) is 10.9 Å². The number of carboxylic acids is 1. The zero-order chi connectivity index (χ0) is 21.5. The van der Waals surface area contributed by atoms with Crippen molar-refractivity contribution in [2.45, 2.75) is 39.0 Å². The van der Waals surface area contributed by atoms with E-state index in [0.717, 1.165) is 12.1 Å². The van der Waals surface area contributed by atoms with Gasteiger partial charge >= 0.3 is 5.97 Å². The molecule has 2 aromatic carbocycles. The summed E-state index contributed by atoms with van der Waals surface area (Å²) in [4.78, 5) is 25.3. The number of hydrogen-bond donors (Lipinski definition) is 2. The van der Waals surface area contributed by atoms with Gasteiger partial charge in [-0.25, -0.2) is 8.78 Å². The fraction of sp³-hybridized carbons (Fsp3) is 0.273. The van der Waals surface area contributed by atoms with Crippen LogP contribution in [0.1, 0.15) is 48.3 Å². The molecule has 0 bridgehead atoms. The summed E-state index contributed by atoms with van der Waals surface area (Å²) in [5.74, 6) is -4.02. The average molecular weight is 401 g/mol. The number of nitrogens with zero attached hydrogens (tertiary/aromatic N) is 1. The van der Waals surface area contributed by atoms with E-state index in [9.17, 15) is 28.6 Å². The Morgan fingerprint density at radius 2 is 1.86 bits per heavy atom. The zero-order valence-corrected chi connectivity index (χ0v) is 16.3. The Balaban J connectivity index is 2.42. The van der Waals surface area contributed by atoms with Crippen LogP contribution >= 0.6 is 0 Å². The van der Waals surface area contributed by atoms with Crippen LogP contribution in [0, 0.1) is 18.6 Å². The first kappa shape index (κ1) is 20.5. The minimum Gasteiger partial charge on any atom is -0.505 e. The highest BCUT2D eigenvalue weighted by Gasteiger charge is 2.41. The summed E-state index contributed by atoms with van der Waals surface area (Å²) < 4.78 is 29.8. The van der Waals surface area contributed by atoms with Crippen molar-refractivity contribution in [1.29, 1.82) is 0 Å². The molecule has 152 valence electrons. The number of aromatic nitrogens is 1. The van der Waals surface area contributed by atoms with E-state index in [2.05, 4.69) is 0 Å². The second-order valence-electron chi connectivity index (χ2n) is 7.29. The van der Waals surface area contributed by atoms with Crippen LogP contribution < -0.4 is 0 Å². The van der Waals surface area contributed by atoms with Crippen LogP contribution in [0.4, 0.5) is 8.78 Å². The first-order chi connectivity index (χ1) is 13.6. The Labute approximate surface area is 166 Å². The van der Waals surface area contributed by atoms with Crippen LogP contribution in [0.5, 0.6) is 5.75 Å². The molecule has 0 amide bonds. The van der Waals surface area contributed by atoms with Crippen molar-refractivity contribution in [1.82, 2.24) is 4.57 Å². The van der Waals surface area contributed by atoms with Gasteiger partial charge in [-0.3, -0.25) is 14.2 Å². The monoisotopic (exact) mass is 401 g/mol. The first-order valence-corrected chi connectivity index (χ1v) is 9.20. The van der Waals surface area contributed by atoms with Crippen molar-refractivity contribution in [3.8, 4) is 5.75 Å². The lowest BCUT2D eigenvalue weighted by Crippen LogP contribution is -2.33. The minimum absolute atomic E-state index is 0.0394. The van der Waals surface area contributed by atoms with Gasteiger partial charge in [-0.1, -0.05) is 19.4 Å². The number of halogens is 2. The topological polar surface area (TPSA) is 79.5 Å². The van der Waals surface area contributed by atoms with Gasteiger partial charge in [0.1, 0.15) is 5.82 Å². The molecule has 0 spiro atoms. The summed E-state index contributed by atoms with van der Waals surface area (Å²) >= 11 is 0. The molecule has 7 heteroatoms. The van der Waals surface area contributed by atoms with Gasteiger partial charge in [0.05, 0.1) is 10.9 Å². The van der Waals surface area contributed by atoms with Crippen LogP contribution in [-0.4, -0.2) is 26.7 Å². The Morgan fingerprint density at radius 1 is 1.17 bits per heavy atom. The molecule has 0 saturated carbocycles. The highest BCUT2D eigenvalue weighted by atomic mass is 19.1. The van der Waals surface area contributed by atoms with Gasteiger partial charge in [-0.05, 0) is 50.6 Å². The third kappa shape index (κ3) is 3.16. The molecule has 0 aliphatic rings. The van der Waals surface area contributed by atoms with Crippen LogP contribution in [0.3, 0.4) is 0 Å². The Kier molecular flexibility index (Phi) is 5.17. The van der Waals surface area contributed by atoms with E-state index in [4.69, 9.17) is 0 Å². The smallest absolute Gasteiger partial charge is 0.313 e. The van der Waals surface area contributed by atoms with Crippen molar-refractivity contribution < 1.29 is 28.6 Å². The summed E-state index contributed by atoms with van der Waals surface area (Å²) in [6.45, 7) is 4.81. The summed E-state index contributed by atoms with van der Waals surface area (Å²) in [5, 5.41) is 19.7. The van der Waals surface area contributed by atoms with Gasteiger partial charge in [0, 0.05) is 22.2 Å². The van der Waals surface area contributed by atoms with Crippen molar-refractivity contribution in [3.05, 3.63) is 64.9 Å². The first-order valence-electron chi connectivity index (χ1n) is 9.20. The maximum atomic E-state index is 15.0. The Morgan fingerprint density at radius 3 is 2.45 bits per heavy atom. The number of carbonyl (C=O) groups is 2. The zero-order valence-electron chi connectivity index (χ0n) is 16.3. The molecule has 29 heavy (non-hydrogen) atoms. The summed E-state index contributed by atoms with van der Waals surface area (Å²) in [5.41, 5.74) is -0.973. The second-order valence-corrected chi connectivity index (χ2v) is 7.29. The Bertz CT molecular complexity index is 1140. The number of phenolic OH excluding ortho intramolecular Hbond substituents is 1. The van der Waals surface area contributed by atoms with E-state index < -0.39 is 34.7 Å². The molecule has 5 nitrogen and oxygen atoms in total. The van der Waals surface area contributed by atoms with E-state index in [1.807, 2.05) is 0 Å². The number of carboxylic acid groups (broad SMARTS) is 1. The lowest BCUT2D eigenvalue weighted by atomic mass is 9.77. The van der Waals surface area contributed by atoms with Gasteiger partial charge in [0.15, 0.2) is 11.6 Å². The standard InChI is InChI=1S/C22H21F2NO4/c1-4-10-22(3,21(28)29)18-12(2)25(15-8-9-16(26)19(24)17(15)18)20(27)13-6-5-7-14(23)11-13/h5-9,11,26H,4,10H2,1-3H3,(H,28,29)/t22-/m1/s1. The van der Waals surface area contributed by atoms with Crippen LogP contribution in [0.15, 0.2) is 36.4 Å². The molecule has 3 rings (SSSR count). The molecular weight excluding hydrogens is 380 g/mol. The fourth-order valence-electron chi connectivity index (χ4n) is 3.98. The van der Waals surface area contributed by atoms with E-state index in [-0.39, 0.29) is 34.1 Å². The molecule has 0 saturated heterocycles. The van der Waals surface area contributed by atoms with Gasteiger partial charge in [0.2, 0.25) is 0 Å². The van der Waals surface area contributed by atoms with Gasteiger partial charge < -0.3 is 10.2 Å². The number of aliphatic carboxylic acids is 1. The maximum absolute atomic E-state index is 15.0. The molecule has 0 fully saturated rings. The third-order valence-corrected chi connectivity index (χ3v) is 5.34. The quantitative estimate of drug-likeness (QED) is 0.646. The van der Waals surface area contributed by atoms with Crippen molar-refractivity contribution >= 4 is 22.8 Å². The molecule has 1 aromatic heterocycles. The molecule has 1 heterocycles. The average Bonchev–Trinajstić information content (AvgIpc) is 2.97. The predicted molar refractivity (Wildman–Crippen MR) is 104 cm³/mol. The molecule has 0 aliphatic carbocycles. The van der Waals surface area contributed by atoms with E-state index in [1.54, 1.807) is 6.92 Å². The predicted octanol–water partition coefficient (Wildman–Crippen LogP) is 4.76. The molecule has 0 unspecified atom stereocenters. The number of rotatable bonds is 5. The van der Waals surface area contributed by atoms with Gasteiger partial charge in [0.25, 0.3) is 5.91 Å². The SMILES string of the molecule is CCC[C@@](C)(C(=O)O)c1c(C)n(C(=O)c2cccc(F)c2)c2ccc(O)c(F)c12. The van der Waals surface area contributed by atoms with Gasteiger partial charge in [-0.2, -0.15) is 0 Å². The molecule has 2 N–H and O–H groups in total. The number of hydrogen-bond acceptors (Lipinski definition) is 3. The number of carbonyl (C=O) groups excluding carboxylic acids is 1. The summed E-state index contributed by atoms with van der Waals surface area (Å²) in [6, 6.07) is 7.53. The molecule has 0 radical (unpaired) electrons. The summed E-state index contributed by atoms with van der Waals surface area (Å²) in [7, 11) is 0. The third-order valence-electron chi connectivity index (χ3n) is 5.34. The largest absolute Gasteiger partial charge is 0.505 e. The highest BCUT2D eigenvalue weighted by molar-refractivity contribution is 6.06. The fourth-order valence-corrected chi connectivity index (χ4v) is 3.98. The minimum atomic E-state index is -1.49. The summed E-state index contributed by atoms with van der Waals surface area (Å²) in [6.07, 6.45) is 0.707. The van der Waals surface area contributed by atoms with E-state index >= 15 is 0 Å². The molecule has 0 aliphatic heterocycles. The second kappa shape index (κ2) is 7.31. The number of benzene rings is 2. The number of aromatic hydroxyl groups is 1. The van der Waals surface area contributed by atoms with Crippen molar-refractivity contribution in [2.75, 3.05) is 0 Å². The highest BCUT2D eigenvalue weighted by Crippen LogP contribution is 2.42. The number of phenols is 1. The van der Waals surface area contributed by atoms with Gasteiger partial charge in [-0.15, -0.1) is 0 Å². The van der Waals surface area contributed by atoms with Crippen molar-refractivity contribution in [3.63, 3.8) is 0 Å². The van der Waals surface area contributed by atoms with Crippen molar-refractivity contribution in [2.24, 2.45) is 0 Å². The van der Waals surface area contributed by atoms with E-state index in [0.29, 0.717) is 6.42 Å². The normalized spacial score (nSPS) is 13.4. The van der Waals surface area contributed by atoms with Crippen LogP contribution in [0.2, 0.25) is 0 Å².